The third kappa shape index (κ3) is 2.26. The van der Waals surface area contributed by atoms with Crippen molar-refractivity contribution in [3.63, 3.8) is 0 Å². The zero-order chi connectivity index (χ0) is 13.9. The molecule has 6 nitrogen and oxygen atoms in total. The van der Waals surface area contributed by atoms with Crippen LogP contribution in [0.15, 0.2) is 42.9 Å². The van der Waals surface area contributed by atoms with Gasteiger partial charge in [0.2, 0.25) is 5.91 Å². The molecule has 0 aliphatic heterocycles. The molecule has 0 atom stereocenters. The minimum Gasteiger partial charge on any atom is -0.366 e. The van der Waals surface area contributed by atoms with E-state index < -0.39 is 5.91 Å². The Kier molecular flexibility index (Phi) is 2.96. The highest BCUT2D eigenvalue weighted by molar-refractivity contribution is 5.93. The second-order valence-corrected chi connectivity index (χ2v) is 4.15. The van der Waals surface area contributed by atoms with Crippen LogP contribution in [0.2, 0.25) is 0 Å². The number of carbonyl (C=O) groups is 1. The quantitative estimate of drug-likeness (QED) is 0.701. The molecular weight excluding hydrogens is 254 g/mol. The van der Waals surface area contributed by atoms with Crippen molar-refractivity contribution in [3.8, 4) is 11.4 Å². The van der Waals surface area contributed by atoms with Crippen LogP contribution in [0, 0.1) is 0 Å². The van der Waals surface area contributed by atoms with E-state index in [0.29, 0.717) is 16.9 Å². The number of carbonyl (C=O) groups excluding carboxylic acids is 1. The van der Waals surface area contributed by atoms with Gasteiger partial charge in [0.05, 0.1) is 11.9 Å². The fourth-order valence-corrected chi connectivity index (χ4v) is 1.85. The van der Waals surface area contributed by atoms with E-state index in [4.69, 9.17) is 5.73 Å². The van der Waals surface area contributed by atoms with Crippen molar-refractivity contribution in [3.05, 3.63) is 48.4 Å². The normalized spacial score (nSPS) is 11.2. The average Bonchev–Trinajstić information content (AvgIpc) is 2.88. The van der Waals surface area contributed by atoms with Gasteiger partial charge < -0.3 is 10.7 Å². The van der Waals surface area contributed by atoms with Crippen LogP contribution in [0.5, 0.6) is 0 Å². The van der Waals surface area contributed by atoms with Gasteiger partial charge in [0.15, 0.2) is 5.65 Å². The van der Waals surface area contributed by atoms with E-state index in [1.165, 1.54) is 6.08 Å². The van der Waals surface area contributed by atoms with Crippen LogP contribution < -0.4 is 5.73 Å². The van der Waals surface area contributed by atoms with Gasteiger partial charge in [-0.1, -0.05) is 6.07 Å². The number of nitrogens with one attached hydrogen (secondary N) is 1. The minimum atomic E-state index is -0.506. The van der Waals surface area contributed by atoms with Gasteiger partial charge in [0.25, 0.3) is 0 Å². The van der Waals surface area contributed by atoms with Crippen molar-refractivity contribution in [2.45, 2.75) is 0 Å². The highest BCUT2D eigenvalue weighted by Gasteiger charge is 2.07. The van der Waals surface area contributed by atoms with Crippen LogP contribution in [0.25, 0.3) is 28.6 Å². The van der Waals surface area contributed by atoms with Crippen LogP contribution >= 0.6 is 0 Å². The Bertz CT molecular complexity index is 792. The summed E-state index contributed by atoms with van der Waals surface area (Å²) in [7, 11) is 0. The van der Waals surface area contributed by atoms with Gasteiger partial charge >= 0.3 is 0 Å². The fraction of sp³-hybridized carbons (Fsp3) is 0. The summed E-state index contributed by atoms with van der Waals surface area (Å²) < 4.78 is 0. The van der Waals surface area contributed by atoms with Gasteiger partial charge in [-0.05, 0) is 18.2 Å². The van der Waals surface area contributed by atoms with E-state index >= 15 is 0 Å². The Morgan fingerprint density at radius 3 is 2.90 bits per heavy atom. The first-order valence-electron chi connectivity index (χ1n) is 5.97. The van der Waals surface area contributed by atoms with Crippen molar-refractivity contribution >= 4 is 23.1 Å². The maximum atomic E-state index is 10.8. The van der Waals surface area contributed by atoms with Crippen molar-refractivity contribution in [1.29, 1.82) is 0 Å². The minimum absolute atomic E-state index is 0.506. The summed E-state index contributed by atoms with van der Waals surface area (Å²) in [4.78, 5) is 26.9. The lowest BCUT2D eigenvalue weighted by molar-refractivity contribution is -0.113. The maximum Gasteiger partial charge on any atom is 0.241 e. The van der Waals surface area contributed by atoms with E-state index in [1.54, 1.807) is 24.7 Å². The van der Waals surface area contributed by atoms with Crippen LogP contribution in [-0.4, -0.2) is 25.8 Å². The summed E-state index contributed by atoms with van der Waals surface area (Å²) in [6.45, 7) is 0. The van der Waals surface area contributed by atoms with Gasteiger partial charge in [0.1, 0.15) is 11.2 Å². The number of amides is 1. The molecule has 0 radical (unpaired) electrons. The van der Waals surface area contributed by atoms with E-state index in [-0.39, 0.29) is 0 Å². The van der Waals surface area contributed by atoms with E-state index in [1.807, 2.05) is 18.2 Å². The molecule has 3 heterocycles. The molecule has 6 heteroatoms. The molecule has 0 saturated carbocycles. The van der Waals surface area contributed by atoms with Gasteiger partial charge in [-0.3, -0.25) is 9.78 Å². The molecule has 0 aliphatic carbocycles. The number of aromatic amines is 1. The third-order valence-corrected chi connectivity index (χ3v) is 2.76. The Labute approximate surface area is 114 Å². The summed E-state index contributed by atoms with van der Waals surface area (Å²) >= 11 is 0. The van der Waals surface area contributed by atoms with Crippen LogP contribution in [0.4, 0.5) is 0 Å². The second-order valence-electron chi connectivity index (χ2n) is 4.15. The van der Waals surface area contributed by atoms with E-state index in [0.717, 1.165) is 11.3 Å². The predicted octanol–water partition coefficient (Wildman–Crippen LogP) is 1.52. The van der Waals surface area contributed by atoms with Crippen LogP contribution in [0.1, 0.15) is 5.56 Å². The van der Waals surface area contributed by atoms with Crippen molar-refractivity contribution < 1.29 is 4.79 Å². The summed E-state index contributed by atoms with van der Waals surface area (Å²) in [5, 5.41) is 0. The van der Waals surface area contributed by atoms with Gasteiger partial charge in [-0.15, -0.1) is 0 Å². The molecule has 3 aromatic heterocycles. The lowest BCUT2D eigenvalue weighted by atomic mass is 10.2. The van der Waals surface area contributed by atoms with Gasteiger partial charge in [-0.2, -0.15) is 0 Å². The fourth-order valence-electron chi connectivity index (χ4n) is 1.85. The standard InChI is InChI=1S/C14H11N5O/c15-12(20)5-4-9-7-17-14-13(9)19-11(8-18-14)10-3-1-2-6-16-10/h1-8H,(H2,15,20)(H,17,18). The summed E-state index contributed by atoms with van der Waals surface area (Å²) in [6, 6.07) is 5.59. The number of H-pyrrole nitrogens is 1. The Morgan fingerprint density at radius 1 is 1.25 bits per heavy atom. The van der Waals surface area contributed by atoms with E-state index in [9.17, 15) is 4.79 Å². The van der Waals surface area contributed by atoms with E-state index in [2.05, 4.69) is 19.9 Å². The monoisotopic (exact) mass is 265 g/mol. The Hall–Kier alpha value is -3.02. The highest BCUT2D eigenvalue weighted by Crippen LogP contribution is 2.20. The summed E-state index contributed by atoms with van der Waals surface area (Å²) in [5.41, 5.74) is 8.58. The predicted molar refractivity (Wildman–Crippen MR) is 75.3 cm³/mol. The first-order chi connectivity index (χ1) is 9.74. The average molecular weight is 265 g/mol. The Balaban J connectivity index is 2.10. The van der Waals surface area contributed by atoms with Crippen LogP contribution in [0.3, 0.4) is 0 Å². The molecule has 3 aromatic rings. The molecule has 0 unspecified atom stereocenters. The third-order valence-electron chi connectivity index (χ3n) is 2.76. The van der Waals surface area contributed by atoms with Gasteiger partial charge in [0, 0.05) is 24.0 Å². The summed E-state index contributed by atoms with van der Waals surface area (Å²) in [5.74, 6) is -0.506. The molecule has 0 spiro atoms. The summed E-state index contributed by atoms with van der Waals surface area (Å²) in [6.07, 6.45) is 7.98. The topological polar surface area (TPSA) is 97.6 Å². The number of hydrogen-bond acceptors (Lipinski definition) is 4. The number of aromatic nitrogens is 4. The lowest BCUT2D eigenvalue weighted by Gasteiger charge is -1.99. The van der Waals surface area contributed by atoms with Crippen molar-refractivity contribution in [2.75, 3.05) is 0 Å². The van der Waals surface area contributed by atoms with Crippen molar-refractivity contribution in [2.24, 2.45) is 5.73 Å². The molecule has 3 N–H and O–H groups in total. The first-order valence-corrected chi connectivity index (χ1v) is 5.97. The number of primary amides is 1. The number of fused-ring (bicyclic) bond motifs is 1. The second kappa shape index (κ2) is 4.93. The molecule has 1 amide bonds. The number of rotatable bonds is 3. The molecule has 0 saturated heterocycles. The van der Waals surface area contributed by atoms with Crippen molar-refractivity contribution in [1.82, 2.24) is 19.9 Å². The zero-order valence-corrected chi connectivity index (χ0v) is 10.4. The molecule has 0 aromatic carbocycles. The largest absolute Gasteiger partial charge is 0.366 e. The molecule has 3 rings (SSSR count). The number of pyridine rings is 1. The smallest absolute Gasteiger partial charge is 0.241 e. The molecule has 98 valence electrons. The zero-order valence-electron chi connectivity index (χ0n) is 10.4. The Morgan fingerprint density at radius 2 is 2.15 bits per heavy atom. The number of hydrogen-bond donors (Lipinski definition) is 2. The molecule has 0 aliphatic rings. The number of nitrogens with two attached hydrogens (primary N) is 1. The SMILES string of the molecule is NC(=O)C=Cc1c[nH]c2ncc(-c3ccccn3)nc12. The number of nitrogens with zero attached hydrogens (tertiary/aromatic N) is 3. The lowest BCUT2D eigenvalue weighted by Crippen LogP contribution is -2.05. The van der Waals surface area contributed by atoms with Gasteiger partial charge in [-0.25, -0.2) is 9.97 Å². The molecule has 20 heavy (non-hydrogen) atoms. The highest BCUT2D eigenvalue weighted by atomic mass is 16.1. The van der Waals surface area contributed by atoms with Crippen LogP contribution in [-0.2, 0) is 4.79 Å². The molecule has 0 bridgehead atoms. The molecule has 0 fully saturated rings. The maximum absolute atomic E-state index is 10.8. The molecular formula is C14H11N5O. The first kappa shape index (κ1) is 12.0.